The van der Waals surface area contributed by atoms with Gasteiger partial charge in [0.05, 0.1) is 18.4 Å². The molecule has 172 valence electrons. The van der Waals surface area contributed by atoms with Crippen LogP contribution < -0.4 is 10.1 Å². The number of hydrogen-bond donors (Lipinski definition) is 1. The van der Waals surface area contributed by atoms with Crippen molar-refractivity contribution >= 4 is 52.4 Å². The summed E-state index contributed by atoms with van der Waals surface area (Å²) < 4.78 is 5.27. The number of ketones is 1. The molecule has 0 aromatic heterocycles. The van der Waals surface area contributed by atoms with Crippen molar-refractivity contribution in [2.24, 2.45) is 0 Å². The third kappa shape index (κ3) is 6.27. The van der Waals surface area contributed by atoms with E-state index in [4.69, 9.17) is 4.74 Å². The first-order chi connectivity index (χ1) is 15.8. The van der Waals surface area contributed by atoms with Crippen LogP contribution in [0.4, 0.5) is 4.79 Å². The van der Waals surface area contributed by atoms with Gasteiger partial charge in [0.2, 0.25) is 5.91 Å². The number of rotatable bonds is 9. The molecular weight excluding hydrogens is 460 g/mol. The molecule has 0 unspecified atom stereocenters. The molecule has 1 fully saturated rings. The molecule has 0 atom stereocenters. The first-order valence-corrected chi connectivity index (χ1v) is 12.2. The van der Waals surface area contributed by atoms with Crippen molar-refractivity contribution in [3.8, 4) is 5.75 Å². The maximum absolute atomic E-state index is 12.6. The van der Waals surface area contributed by atoms with Gasteiger partial charge in [-0.15, -0.1) is 11.8 Å². The smallest absolute Gasteiger partial charge is 0.293 e. The van der Waals surface area contributed by atoms with Crippen LogP contribution in [-0.2, 0) is 16.0 Å². The number of ether oxygens (including phenoxy) is 1. The van der Waals surface area contributed by atoms with Gasteiger partial charge < -0.3 is 10.1 Å². The van der Waals surface area contributed by atoms with Gasteiger partial charge in [0.25, 0.3) is 11.1 Å². The van der Waals surface area contributed by atoms with E-state index >= 15 is 0 Å². The lowest BCUT2D eigenvalue weighted by Gasteiger charge is -2.14. The lowest BCUT2D eigenvalue weighted by atomic mass is 10.0. The molecule has 33 heavy (non-hydrogen) atoms. The molecule has 1 N–H and O–H groups in total. The van der Waals surface area contributed by atoms with E-state index in [1.807, 2.05) is 30.5 Å². The molecule has 3 rings (SSSR count). The fourth-order valence-electron chi connectivity index (χ4n) is 3.22. The van der Waals surface area contributed by atoms with Gasteiger partial charge in [-0.2, -0.15) is 0 Å². The summed E-state index contributed by atoms with van der Waals surface area (Å²) in [6.45, 7) is 1.65. The number of carbonyl (C=O) groups excluding carboxylic acids is 4. The Kier molecular flexibility index (Phi) is 8.35. The minimum atomic E-state index is -0.371. The number of thioether (sulfide) groups is 2. The van der Waals surface area contributed by atoms with Crippen LogP contribution in [0, 0.1) is 0 Å². The molecule has 3 amide bonds. The first-order valence-electron chi connectivity index (χ1n) is 10.2. The highest BCUT2D eigenvalue weighted by Crippen LogP contribution is 2.32. The van der Waals surface area contributed by atoms with Crippen molar-refractivity contribution in [1.82, 2.24) is 10.2 Å². The van der Waals surface area contributed by atoms with Gasteiger partial charge in [-0.05, 0) is 66.9 Å². The quantitative estimate of drug-likeness (QED) is 0.326. The standard InChI is InChI=1S/C24H24N2O5S2/c1-15(27)17-6-9-20(31-2)18(13-17)14-22(28)25-10-11-26-23(29)21(33-24(26)30)12-16-4-7-19(32-3)8-5-16/h4-9,12-13H,10-11,14H2,1-3H3,(H,25,28)/b21-12-. The third-order valence-corrected chi connectivity index (χ3v) is 6.63. The monoisotopic (exact) mass is 484 g/mol. The Bertz CT molecular complexity index is 1110. The lowest BCUT2D eigenvalue weighted by molar-refractivity contribution is -0.124. The van der Waals surface area contributed by atoms with Gasteiger partial charge in [-0.1, -0.05) is 12.1 Å². The fraction of sp³-hybridized carbons (Fsp3) is 0.250. The van der Waals surface area contributed by atoms with E-state index in [1.54, 1.807) is 36.0 Å². The maximum atomic E-state index is 12.6. The number of benzene rings is 2. The van der Waals surface area contributed by atoms with Crippen molar-refractivity contribution in [2.75, 3.05) is 26.5 Å². The molecule has 1 aliphatic heterocycles. The van der Waals surface area contributed by atoms with Crippen LogP contribution in [0.2, 0.25) is 0 Å². The highest BCUT2D eigenvalue weighted by molar-refractivity contribution is 8.18. The van der Waals surface area contributed by atoms with Gasteiger partial charge in [0.1, 0.15) is 5.75 Å². The van der Waals surface area contributed by atoms with Crippen LogP contribution >= 0.6 is 23.5 Å². The van der Waals surface area contributed by atoms with Crippen LogP contribution in [0.3, 0.4) is 0 Å². The van der Waals surface area contributed by atoms with E-state index in [0.29, 0.717) is 21.8 Å². The lowest BCUT2D eigenvalue weighted by Crippen LogP contribution is -2.37. The number of carbonyl (C=O) groups is 4. The van der Waals surface area contributed by atoms with Gasteiger partial charge in [0.15, 0.2) is 5.78 Å². The van der Waals surface area contributed by atoms with Crippen molar-refractivity contribution in [3.05, 3.63) is 64.1 Å². The van der Waals surface area contributed by atoms with Crippen molar-refractivity contribution in [1.29, 1.82) is 0 Å². The van der Waals surface area contributed by atoms with E-state index in [-0.39, 0.29) is 42.3 Å². The molecule has 1 heterocycles. The normalized spacial score (nSPS) is 14.6. The predicted molar refractivity (Wildman–Crippen MR) is 131 cm³/mol. The summed E-state index contributed by atoms with van der Waals surface area (Å²) in [6.07, 6.45) is 3.69. The molecule has 0 radical (unpaired) electrons. The molecule has 9 heteroatoms. The third-order valence-electron chi connectivity index (χ3n) is 4.98. The van der Waals surface area contributed by atoms with Crippen LogP contribution in [0.1, 0.15) is 28.4 Å². The van der Waals surface area contributed by atoms with E-state index < -0.39 is 0 Å². The number of nitrogens with zero attached hydrogens (tertiary/aromatic N) is 1. The second-order valence-corrected chi connectivity index (χ2v) is 9.09. The molecule has 0 bridgehead atoms. The summed E-state index contributed by atoms with van der Waals surface area (Å²) in [4.78, 5) is 51.6. The van der Waals surface area contributed by atoms with Crippen LogP contribution in [0.5, 0.6) is 5.75 Å². The topological polar surface area (TPSA) is 92.8 Å². The second kappa shape index (κ2) is 11.2. The van der Waals surface area contributed by atoms with E-state index in [0.717, 1.165) is 27.1 Å². The number of amides is 3. The van der Waals surface area contributed by atoms with Crippen LogP contribution in [-0.4, -0.2) is 54.2 Å². The Balaban J connectivity index is 1.57. The Morgan fingerprint density at radius 1 is 1.15 bits per heavy atom. The van der Waals surface area contributed by atoms with E-state index in [2.05, 4.69) is 5.32 Å². The molecule has 0 spiro atoms. The van der Waals surface area contributed by atoms with Crippen LogP contribution in [0.25, 0.3) is 6.08 Å². The minimum absolute atomic E-state index is 0.0120. The zero-order valence-corrected chi connectivity index (χ0v) is 20.2. The van der Waals surface area contributed by atoms with E-state index in [9.17, 15) is 19.2 Å². The fourth-order valence-corrected chi connectivity index (χ4v) is 4.50. The summed E-state index contributed by atoms with van der Waals surface area (Å²) in [5.41, 5.74) is 1.92. The van der Waals surface area contributed by atoms with Crippen molar-refractivity contribution in [2.45, 2.75) is 18.2 Å². The number of hydrogen-bond acceptors (Lipinski definition) is 7. The van der Waals surface area contributed by atoms with Gasteiger partial charge in [0, 0.05) is 29.1 Å². The maximum Gasteiger partial charge on any atom is 0.293 e. The number of nitrogens with one attached hydrogen (secondary N) is 1. The van der Waals surface area contributed by atoms with Crippen molar-refractivity contribution < 1.29 is 23.9 Å². The highest BCUT2D eigenvalue weighted by atomic mass is 32.2. The van der Waals surface area contributed by atoms with E-state index in [1.165, 1.54) is 14.0 Å². The minimum Gasteiger partial charge on any atom is -0.496 e. The summed E-state index contributed by atoms with van der Waals surface area (Å²) in [5.74, 6) is -0.266. The molecule has 0 saturated carbocycles. The molecule has 2 aromatic rings. The average Bonchev–Trinajstić information content (AvgIpc) is 3.06. The van der Waals surface area contributed by atoms with Crippen LogP contribution in [0.15, 0.2) is 52.3 Å². The largest absolute Gasteiger partial charge is 0.496 e. The SMILES string of the molecule is COc1ccc(C(C)=O)cc1CC(=O)NCCN1C(=O)S/C(=C\c2ccc(SC)cc2)C1=O. The molecular formula is C24H24N2O5S2. The molecule has 0 aliphatic carbocycles. The molecule has 7 nitrogen and oxygen atoms in total. The summed E-state index contributed by atoms with van der Waals surface area (Å²) >= 11 is 2.51. The Morgan fingerprint density at radius 2 is 1.88 bits per heavy atom. The highest BCUT2D eigenvalue weighted by Gasteiger charge is 2.34. The Labute approximate surface area is 200 Å². The Morgan fingerprint density at radius 3 is 2.52 bits per heavy atom. The van der Waals surface area contributed by atoms with Crippen molar-refractivity contribution in [3.63, 3.8) is 0 Å². The Hall–Kier alpha value is -3.04. The van der Waals surface area contributed by atoms with Gasteiger partial charge in [-0.3, -0.25) is 24.1 Å². The second-order valence-electron chi connectivity index (χ2n) is 7.22. The summed E-state index contributed by atoms with van der Waals surface area (Å²) in [6, 6.07) is 12.6. The molecule has 1 aliphatic rings. The zero-order chi connectivity index (χ0) is 24.0. The number of imide groups is 1. The summed E-state index contributed by atoms with van der Waals surface area (Å²) in [5, 5.41) is 2.36. The molecule has 2 aromatic carbocycles. The first kappa shape index (κ1) is 24.6. The summed E-state index contributed by atoms with van der Waals surface area (Å²) in [7, 11) is 1.49. The zero-order valence-electron chi connectivity index (χ0n) is 18.5. The molecule has 1 saturated heterocycles. The van der Waals surface area contributed by atoms with Gasteiger partial charge in [-0.25, -0.2) is 0 Å². The number of methoxy groups -OCH3 is 1. The predicted octanol–water partition coefficient (Wildman–Crippen LogP) is 4.01. The van der Waals surface area contributed by atoms with Gasteiger partial charge >= 0.3 is 0 Å². The number of Topliss-reactive ketones (excluding diaryl/α,β-unsaturated/α-hetero) is 1. The average molecular weight is 485 g/mol.